The fourth-order valence-corrected chi connectivity index (χ4v) is 2.64. The molecule has 1 amide bonds. The molecule has 2 rings (SSSR count). The first-order valence-electron chi connectivity index (χ1n) is 6.10. The monoisotopic (exact) mass is 291 g/mol. The lowest BCUT2D eigenvalue weighted by Crippen LogP contribution is -2.27. The van der Waals surface area contributed by atoms with Crippen molar-refractivity contribution < 1.29 is 13.4 Å². The van der Waals surface area contributed by atoms with Crippen LogP contribution in [0.2, 0.25) is 0 Å². The molecule has 1 atom stereocenters. The Hall–Kier alpha value is -2.01. The summed E-state index contributed by atoms with van der Waals surface area (Å²) in [5.41, 5.74) is 0.970. The Bertz CT molecular complexity index is 616. The summed E-state index contributed by atoms with van der Waals surface area (Å²) in [7, 11) is -1.53. The number of rotatable bonds is 5. The fourth-order valence-electron chi connectivity index (χ4n) is 1.66. The van der Waals surface area contributed by atoms with E-state index in [1.54, 1.807) is 6.07 Å². The Morgan fingerprint density at radius 2 is 1.85 bits per heavy atom. The number of carbonyl (C=O) groups is 1. The van der Waals surface area contributed by atoms with E-state index in [-0.39, 0.29) is 11.7 Å². The number of benzene rings is 2. The van der Waals surface area contributed by atoms with E-state index in [2.05, 4.69) is 5.32 Å². The van der Waals surface area contributed by atoms with Crippen molar-refractivity contribution in [1.29, 1.82) is 0 Å². The van der Waals surface area contributed by atoms with Crippen molar-refractivity contribution in [3.05, 3.63) is 66.0 Å². The van der Waals surface area contributed by atoms with Crippen molar-refractivity contribution in [2.24, 2.45) is 0 Å². The molecule has 0 aromatic heterocycles. The van der Waals surface area contributed by atoms with Gasteiger partial charge in [-0.15, -0.1) is 0 Å². The highest BCUT2D eigenvalue weighted by atomic mass is 32.2. The van der Waals surface area contributed by atoms with Gasteiger partial charge in [0.2, 0.25) is 5.91 Å². The second-order valence-electron chi connectivity index (χ2n) is 4.21. The zero-order valence-corrected chi connectivity index (χ0v) is 11.5. The summed E-state index contributed by atoms with van der Waals surface area (Å²) in [6.45, 7) is 0.389. The molecule has 0 spiro atoms. The number of hydrogen-bond acceptors (Lipinski definition) is 2. The Morgan fingerprint density at radius 1 is 1.10 bits per heavy atom. The molecule has 20 heavy (non-hydrogen) atoms. The van der Waals surface area contributed by atoms with Crippen molar-refractivity contribution in [2.75, 3.05) is 5.75 Å². The van der Waals surface area contributed by atoms with Gasteiger partial charge in [0.05, 0.1) is 10.8 Å². The van der Waals surface area contributed by atoms with Gasteiger partial charge in [0, 0.05) is 11.4 Å². The fraction of sp³-hybridized carbons (Fsp3) is 0.133. The predicted octanol–water partition coefficient (Wildman–Crippen LogP) is 2.25. The van der Waals surface area contributed by atoms with Crippen LogP contribution in [0, 0.1) is 5.82 Å². The summed E-state index contributed by atoms with van der Waals surface area (Å²) in [4.78, 5) is 12.0. The second-order valence-corrected chi connectivity index (χ2v) is 5.66. The molecule has 0 aliphatic carbocycles. The van der Waals surface area contributed by atoms with Gasteiger partial charge in [-0.05, 0) is 23.8 Å². The first kappa shape index (κ1) is 14.4. The van der Waals surface area contributed by atoms with Crippen LogP contribution in [0.4, 0.5) is 4.39 Å². The number of halogens is 1. The van der Waals surface area contributed by atoms with Gasteiger partial charge in [-0.1, -0.05) is 36.4 Å². The van der Waals surface area contributed by atoms with E-state index >= 15 is 0 Å². The third-order valence-corrected chi connectivity index (χ3v) is 3.96. The van der Waals surface area contributed by atoms with Crippen LogP contribution in [-0.2, 0) is 22.1 Å². The van der Waals surface area contributed by atoms with Crippen LogP contribution in [0.3, 0.4) is 0 Å². The van der Waals surface area contributed by atoms with Crippen molar-refractivity contribution in [2.45, 2.75) is 11.4 Å². The Labute approximate surface area is 119 Å². The van der Waals surface area contributed by atoms with Crippen LogP contribution in [0.5, 0.6) is 0 Å². The van der Waals surface area contributed by atoms with Crippen molar-refractivity contribution in [3.8, 4) is 0 Å². The van der Waals surface area contributed by atoms with E-state index in [0.29, 0.717) is 11.4 Å². The van der Waals surface area contributed by atoms with Crippen molar-refractivity contribution in [1.82, 2.24) is 5.32 Å². The maximum absolute atomic E-state index is 13.0. The lowest BCUT2D eigenvalue weighted by atomic mass is 10.2. The molecule has 0 saturated carbocycles. The van der Waals surface area contributed by atoms with Crippen LogP contribution < -0.4 is 5.32 Å². The standard InChI is InChI=1S/C15H14FNO2S/c16-13-7-4-8-14(9-13)20(19)11-15(18)17-10-12-5-2-1-3-6-12/h1-9H,10-11H2,(H,17,18). The first-order valence-corrected chi connectivity index (χ1v) is 7.41. The molecule has 0 heterocycles. The summed E-state index contributed by atoms with van der Waals surface area (Å²) < 4.78 is 24.9. The van der Waals surface area contributed by atoms with Gasteiger partial charge in [0.15, 0.2) is 0 Å². The van der Waals surface area contributed by atoms with E-state index in [1.807, 2.05) is 30.3 Å². The highest BCUT2D eigenvalue weighted by Gasteiger charge is 2.10. The van der Waals surface area contributed by atoms with E-state index in [9.17, 15) is 13.4 Å². The third-order valence-electron chi connectivity index (χ3n) is 2.65. The minimum atomic E-state index is -1.53. The van der Waals surface area contributed by atoms with Gasteiger partial charge in [-0.25, -0.2) is 4.39 Å². The summed E-state index contributed by atoms with van der Waals surface area (Å²) in [5, 5.41) is 2.69. The van der Waals surface area contributed by atoms with Crippen molar-refractivity contribution in [3.63, 3.8) is 0 Å². The SMILES string of the molecule is O=C(CS(=O)c1cccc(F)c1)NCc1ccccc1. The molecular formula is C15H14FNO2S. The average molecular weight is 291 g/mol. The smallest absolute Gasteiger partial charge is 0.233 e. The van der Waals surface area contributed by atoms with Crippen LogP contribution in [0.1, 0.15) is 5.56 Å². The quantitative estimate of drug-likeness (QED) is 0.918. The molecule has 2 aromatic carbocycles. The van der Waals surface area contributed by atoms with E-state index < -0.39 is 16.6 Å². The molecule has 1 unspecified atom stereocenters. The van der Waals surface area contributed by atoms with Crippen LogP contribution in [0.25, 0.3) is 0 Å². The second kappa shape index (κ2) is 6.96. The summed E-state index contributed by atoms with van der Waals surface area (Å²) in [6.07, 6.45) is 0. The van der Waals surface area contributed by atoms with Gasteiger partial charge >= 0.3 is 0 Å². The molecule has 0 fully saturated rings. The normalized spacial score (nSPS) is 11.8. The zero-order valence-electron chi connectivity index (χ0n) is 10.7. The molecule has 5 heteroatoms. The van der Waals surface area contributed by atoms with Crippen LogP contribution >= 0.6 is 0 Å². The molecule has 0 aliphatic heterocycles. The predicted molar refractivity (Wildman–Crippen MR) is 76.0 cm³/mol. The first-order chi connectivity index (χ1) is 9.65. The zero-order chi connectivity index (χ0) is 14.4. The Balaban J connectivity index is 1.87. The Kier molecular flexibility index (Phi) is 5.01. The maximum atomic E-state index is 13.0. The Morgan fingerprint density at radius 3 is 2.55 bits per heavy atom. The summed E-state index contributed by atoms with van der Waals surface area (Å²) in [6, 6.07) is 14.9. The van der Waals surface area contributed by atoms with Gasteiger partial charge in [-0.3, -0.25) is 9.00 Å². The molecule has 0 aliphatic rings. The van der Waals surface area contributed by atoms with Gasteiger partial charge in [0.1, 0.15) is 11.6 Å². The third kappa shape index (κ3) is 4.28. The molecule has 0 saturated heterocycles. The highest BCUT2D eigenvalue weighted by Crippen LogP contribution is 2.08. The van der Waals surface area contributed by atoms with E-state index in [1.165, 1.54) is 18.2 Å². The number of amides is 1. The van der Waals surface area contributed by atoms with Gasteiger partial charge < -0.3 is 5.32 Å². The average Bonchev–Trinajstić information content (AvgIpc) is 2.46. The van der Waals surface area contributed by atoms with Crippen LogP contribution in [-0.4, -0.2) is 15.9 Å². The lowest BCUT2D eigenvalue weighted by Gasteiger charge is -2.05. The summed E-state index contributed by atoms with van der Waals surface area (Å²) in [5.74, 6) is -0.951. The molecule has 3 nitrogen and oxygen atoms in total. The molecular weight excluding hydrogens is 277 g/mol. The van der Waals surface area contributed by atoms with Gasteiger partial charge in [0.25, 0.3) is 0 Å². The highest BCUT2D eigenvalue weighted by molar-refractivity contribution is 7.85. The number of carbonyl (C=O) groups excluding carboxylic acids is 1. The van der Waals surface area contributed by atoms with Crippen molar-refractivity contribution >= 4 is 16.7 Å². The van der Waals surface area contributed by atoms with E-state index in [0.717, 1.165) is 5.56 Å². The topological polar surface area (TPSA) is 46.2 Å². The molecule has 0 radical (unpaired) electrons. The lowest BCUT2D eigenvalue weighted by molar-refractivity contribution is -0.118. The van der Waals surface area contributed by atoms with Crippen LogP contribution in [0.15, 0.2) is 59.5 Å². The molecule has 1 N–H and O–H groups in total. The minimum Gasteiger partial charge on any atom is -0.351 e. The molecule has 2 aromatic rings. The summed E-state index contributed by atoms with van der Waals surface area (Å²) >= 11 is 0. The number of nitrogens with one attached hydrogen (secondary N) is 1. The largest absolute Gasteiger partial charge is 0.351 e. The number of hydrogen-bond donors (Lipinski definition) is 1. The molecule has 0 bridgehead atoms. The minimum absolute atomic E-state index is 0.170. The van der Waals surface area contributed by atoms with E-state index in [4.69, 9.17) is 0 Å². The van der Waals surface area contributed by atoms with Gasteiger partial charge in [-0.2, -0.15) is 0 Å². The maximum Gasteiger partial charge on any atom is 0.233 e. The molecule has 104 valence electrons.